The monoisotopic (exact) mass is 228 g/mol. The maximum Gasteiger partial charge on any atom is 0.305 e. The SMILES string of the molecule is CN1CCC(C)(C)N(C)C(CC(=O)O)C1=O. The van der Waals surface area contributed by atoms with Crippen molar-refractivity contribution in [2.24, 2.45) is 0 Å². The van der Waals surface area contributed by atoms with Crippen LogP contribution < -0.4 is 0 Å². The van der Waals surface area contributed by atoms with Gasteiger partial charge in [-0.2, -0.15) is 0 Å². The van der Waals surface area contributed by atoms with Crippen molar-refractivity contribution in [2.75, 3.05) is 20.6 Å². The summed E-state index contributed by atoms with van der Waals surface area (Å²) in [5, 5.41) is 8.85. The van der Waals surface area contributed by atoms with Gasteiger partial charge in [-0.25, -0.2) is 0 Å². The molecule has 0 aromatic heterocycles. The van der Waals surface area contributed by atoms with Crippen molar-refractivity contribution in [3.05, 3.63) is 0 Å². The van der Waals surface area contributed by atoms with Crippen LogP contribution in [-0.2, 0) is 9.59 Å². The summed E-state index contributed by atoms with van der Waals surface area (Å²) in [4.78, 5) is 26.3. The molecule has 1 saturated heterocycles. The fourth-order valence-electron chi connectivity index (χ4n) is 1.96. The van der Waals surface area contributed by atoms with Gasteiger partial charge in [0.25, 0.3) is 0 Å². The number of hydrogen-bond donors (Lipinski definition) is 1. The molecule has 0 saturated carbocycles. The van der Waals surface area contributed by atoms with Gasteiger partial charge >= 0.3 is 5.97 Å². The van der Waals surface area contributed by atoms with E-state index in [1.54, 1.807) is 11.9 Å². The summed E-state index contributed by atoms with van der Waals surface area (Å²) in [6.45, 7) is 4.74. The molecule has 1 aliphatic heterocycles. The molecule has 1 amide bonds. The highest BCUT2D eigenvalue weighted by molar-refractivity contribution is 5.86. The largest absolute Gasteiger partial charge is 0.481 e. The highest BCUT2D eigenvalue weighted by Crippen LogP contribution is 2.25. The van der Waals surface area contributed by atoms with E-state index in [2.05, 4.69) is 0 Å². The van der Waals surface area contributed by atoms with Gasteiger partial charge in [-0.3, -0.25) is 14.5 Å². The molecule has 0 aliphatic carbocycles. The molecule has 1 rings (SSSR count). The topological polar surface area (TPSA) is 60.9 Å². The maximum absolute atomic E-state index is 12.0. The Morgan fingerprint density at radius 2 is 2.06 bits per heavy atom. The van der Waals surface area contributed by atoms with Crippen molar-refractivity contribution in [1.29, 1.82) is 0 Å². The van der Waals surface area contributed by atoms with Crippen LogP contribution in [-0.4, -0.2) is 59.0 Å². The predicted molar refractivity (Wildman–Crippen MR) is 60.1 cm³/mol. The molecule has 5 heteroatoms. The first-order valence-electron chi connectivity index (χ1n) is 5.45. The molecule has 0 aromatic rings. The third-order valence-corrected chi connectivity index (χ3v) is 3.51. The molecular formula is C11H20N2O3. The fraction of sp³-hybridized carbons (Fsp3) is 0.818. The minimum Gasteiger partial charge on any atom is -0.481 e. The Morgan fingerprint density at radius 3 is 2.56 bits per heavy atom. The van der Waals surface area contributed by atoms with Crippen molar-refractivity contribution in [3.8, 4) is 0 Å². The third kappa shape index (κ3) is 2.52. The summed E-state index contributed by atoms with van der Waals surface area (Å²) in [7, 11) is 3.55. The molecule has 1 fully saturated rings. The lowest BCUT2D eigenvalue weighted by Gasteiger charge is -2.37. The van der Waals surface area contributed by atoms with E-state index in [0.29, 0.717) is 6.54 Å². The standard InChI is InChI=1S/C11H20N2O3/c1-11(2)5-6-12(3)10(16)8(13(11)4)7-9(14)15/h8H,5-7H2,1-4H3,(H,14,15). The van der Waals surface area contributed by atoms with E-state index in [9.17, 15) is 9.59 Å². The second kappa shape index (κ2) is 4.41. The molecule has 1 N–H and O–H groups in total. The molecule has 92 valence electrons. The van der Waals surface area contributed by atoms with Crippen LogP contribution in [0.2, 0.25) is 0 Å². The molecule has 1 unspecified atom stereocenters. The highest BCUT2D eigenvalue weighted by Gasteiger charge is 2.39. The van der Waals surface area contributed by atoms with E-state index in [0.717, 1.165) is 6.42 Å². The Bertz CT molecular complexity index is 302. The van der Waals surface area contributed by atoms with Crippen LogP contribution in [0.4, 0.5) is 0 Å². The summed E-state index contributed by atoms with van der Waals surface area (Å²) in [5.74, 6) is -1.04. The first-order valence-corrected chi connectivity index (χ1v) is 5.45. The smallest absolute Gasteiger partial charge is 0.305 e. The Balaban J connectivity index is 2.97. The molecular weight excluding hydrogens is 208 g/mol. The fourth-order valence-corrected chi connectivity index (χ4v) is 1.96. The van der Waals surface area contributed by atoms with Crippen LogP contribution in [0.25, 0.3) is 0 Å². The Hall–Kier alpha value is -1.10. The number of amides is 1. The third-order valence-electron chi connectivity index (χ3n) is 3.51. The van der Waals surface area contributed by atoms with E-state index in [-0.39, 0.29) is 17.9 Å². The number of aliphatic carboxylic acids is 1. The normalized spacial score (nSPS) is 26.6. The lowest BCUT2D eigenvalue weighted by Crippen LogP contribution is -2.51. The van der Waals surface area contributed by atoms with Crippen molar-refractivity contribution in [1.82, 2.24) is 9.80 Å². The summed E-state index contributed by atoms with van der Waals surface area (Å²) >= 11 is 0. The molecule has 1 atom stereocenters. The number of carboxylic acids is 1. The average molecular weight is 228 g/mol. The zero-order valence-electron chi connectivity index (χ0n) is 10.4. The molecule has 0 bridgehead atoms. The Morgan fingerprint density at radius 1 is 1.50 bits per heavy atom. The van der Waals surface area contributed by atoms with Gasteiger partial charge < -0.3 is 10.0 Å². The second-order valence-electron chi connectivity index (χ2n) is 5.05. The van der Waals surface area contributed by atoms with Crippen LogP contribution in [0.1, 0.15) is 26.7 Å². The summed E-state index contributed by atoms with van der Waals surface area (Å²) in [6, 6.07) is -0.556. The molecule has 0 aromatic carbocycles. The Kier molecular flexibility index (Phi) is 3.57. The highest BCUT2D eigenvalue weighted by atomic mass is 16.4. The average Bonchev–Trinajstić information content (AvgIpc) is 2.24. The zero-order valence-corrected chi connectivity index (χ0v) is 10.4. The number of rotatable bonds is 2. The molecule has 0 spiro atoms. The number of hydrogen-bond acceptors (Lipinski definition) is 3. The van der Waals surface area contributed by atoms with Crippen molar-refractivity contribution in [3.63, 3.8) is 0 Å². The van der Waals surface area contributed by atoms with Crippen LogP contribution in [0, 0.1) is 0 Å². The van der Waals surface area contributed by atoms with E-state index in [4.69, 9.17) is 5.11 Å². The number of carbonyl (C=O) groups is 2. The van der Waals surface area contributed by atoms with Crippen LogP contribution in [0.5, 0.6) is 0 Å². The number of likely N-dealkylation sites (N-methyl/N-ethyl adjacent to an activating group) is 2. The van der Waals surface area contributed by atoms with Crippen LogP contribution >= 0.6 is 0 Å². The minimum absolute atomic E-state index is 0.101. The van der Waals surface area contributed by atoms with E-state index in [1.165, 1.54) is 0 Å². The maximum atomic E-state index is 12.0. The number of nitrogens with zero attached hydrogens (tertiary/aromatic N) is 2. The van der Waals surface area contributed by atoms with E-state index in [1.807, 2.05) is 25.8 Å². The lowest BCUT2D eigenvalue weighted by atomic mass is 9.97. The van der Waals surface area contributed by atoms with Crippen LogP contribution in [0.3, 0.4) is 0 Å². The quantitative estimate of drug-likeness (QED) is 0.743. The van der Waals surface area contributed by atoms with Gasteiger partial charge in [0, 0.05) is 19.1 Å². The second-order valence-corrected chi connectivity index (χ2v) is 5.05. The van der Waals surface area contributed by atoms with Gasteiger partial charge in [-0.05, 0) is 27.3 Å². The molecule has 1 aliphatic rings. The van der Waals surface area contributed by atoms with Gasteiger partial charge in [-0.1, -0.05) is 0 Å². The van der Waals surface area contributed by atoms with Gasteiger partial charge in [-0.15, -0.1) is 0 Å². The van der Waals surface area contributed by atoms with Crippen molar-refractivity contribution >= 4 is 11.9 Å². The van der Waals surface area contributed by atoms with Gasteiger partial charge in [0.1, 0.15) is 6.04 Å². The van der Waals surface area contributed by atoms with E-state index >= 15 is 0 Å². The van der Waals surface area contributed by atoms with E-state index < -0.39 is 12.0 Å². The summed E-state index contributed by atoms with van der Waals surface area (Å²) < 4.78 is 0. The lowest BCUT2D eigenvalue weighted by molar-refractivity contribution is -0.144. The molecule has 16 heavy (non-hydrogen) atoms. The van der Waals surface area contributed by atoms with Gasteiger partial charge in [0.15, 0.2) is 0 Å². The van der Waals surface area contributed by atoms with Crippen LogP contribution in [0.15, 0.2) is 0 Å². The number of carbonyl (C=O) groups excluding carboxylic acids is 1. The first kappa shape index (κ1) is 13.0. The predicted octanol–water partition coefficient (Wildman–Crippen LogP) is 0.402. The first-order chi connectivity index (χ1) is 7.25. The molecule has 5 nitrogen and oxygen atoms in total. The van der Waals surface area contributed by atoms with Gasteiger partial charge in [0.05, 0.1) is 6.42 Å². The summed E-state index contributed by atoms with van der Waals surface area (Å²) in [6.07, 6.45) is 0.713. The Labute approximate surface area is 96.0 Å². The number of carboxylic acid groups (broad SMARTS) is 1. The zero-order chi connectivity index (χ0) is 12.5. The summed E-state index contributed by atoms with van der Waals surface area (Å²) in [5.41, 5.74) is -0.152. The minimum atomic E-state index is -0.934. The van der Waals surface area contributed by atoms with Gasteiger partial charge in [0.2, 0.25) is 5.91 Å². The molecule has 1 heterocycles. The van der Waals surface area contributed by atoms with Crippen molar-refractivity contribution in [2.45, 2.75) is 38.3 Å². The van der Waals surface area contributed by atoms with Crippen molar-refractivity contribution < 1.29 is 14.7 Å². The molecule has 0 radical (unpaired) electrons.